The maximum atomic E-state index is 13.0. The first-order valence-electron chi connectivity index (χ1n) is 9.90. The Morgan fingerprint density at radius 2 is 1.94 bits per heavy atom. The zero-order valence-corrected chi connectivity index (χ0v) is 19.2. The first-order valence-corrected chi connectivity index (χ1v) is 11.3. The van der Waals surface area contributed by atoms with E-state index in [0.717, 1.165) is 11.1 Å². The molecular formula is C23H27N3O4S. The molecule has 0 amide bonds. The van der Waals surface area contributed by atoms with Crippen molar-refractivity contribution >= 4 is 16.0 Å². The SMILES string of the molecule is CN(C)CC#Cc1cccc(-c2nc(C(=O)O)cc3c2CN(S(=O)(=O)C(C)(C)C)C3)c1. The first-order chi connectivity index (χ1) is 14.4. The number of rotatable bonds is 4. The summed E-state index contributed by atoms with van der Waals surface area (Å²) in [6, 6.07) is 8.89. The van der Waals surface area contributed by atoms with Crippen LogP contribution in [0.5, 0.6) is 0 Å². The number of aromatic carboxylic acids is 1. The molecular weight excluding hydrogens is 414 g/mol. The van der Waals surface area contributed by atoms with E-state index in [9.17, 15) is 18.3 Å². The van der Waals surface area contributed by atoms with Crippen molar-refractivity contribution in [2.75, 3.05) is 20.6 Å². The molecule has 1 aliphatic heterocycles. The summed E-state index contributed by atoms with van der Waals surface area (Å²) in [6.07, 6.45) is 0. The second-order valence-electron chi connectivity index (χ2n) is 8.80. The van der Waals surface area contributed by atoms with Crippen molar-refractivity contribution in [1.82, 2.24) is 14.2 Å². The predicted molar refractivity (Wildman–Crippen MR) is 120 cm³/mol. The van der Waals surface area contributed by atoms with Crippen molar-refractivity contribution in [3.63, 3.8) is 0 Å². The third kappa shape index (κ3) is 4.79. The topological polar surface area (TPSA) is 90.8 Å². The van der Waals surface area contributed by atoms with Gasteiger partial charge in [0.2, 0.25) is 10.0 Å². The van der Waals surface area contributed by atoms with Gasteiger partial charge in [0.05, 0.1) is 17.0 Å². The van der Waals surface area contributed by atoms with Gasteiger partial charge in [-0.15, -0.1) is 0 Å². The average Bonchev–Trinajstić information content (AvgIpc) is 3.11. The molecule has 0 spiro atoms. The molecule has 0 bridgehead atoms. The summed E-state index contributed by atoms with van der Waals surface area (Å²) in [5, 5.41) is 9.54. The molecule has 31 heavy (non-hydrogen) atoms. The molecule has 2 heterocycles. The molecule has 7 nitrogen and oxygen atoms in total. The lowest BCUT2D eigenvalue weighted by molar-refractivity contribution is 0.0690. The van der Waals surface area contributed by atoms with Gasteiger partial charge >= 0.3 is 5.97 Å². The molecule has 1 N–H and O–H groups in total. The van der Waals surface area contributed by atoms with Crippen molar-refractivity contribution in [3.05, 3.63) is 52.7 Å². The van der Waals surface area contributed by atoms with E-state index in [4.69, 9.17) is 0 Å². The molecule has 0 saturated carbocycles. The molecule has 0 radical (unpaired) electrons. The van der Waals surface area contributed by atoms with E-state index in [1.54, 1.807) is 20.8 Å². The van der Waals surface area contributed by atoms with Gasteiger partial charge in [0.15, 0.2) is 0 Å². The molecule has 0 saturated heterocycles. The van der Waals surface area contributed by atoms with Crippen LogP contribution in [0.15, 0.2) is 30.3 Å². The Morgan fingerprint density at radius 1 is 1.23 bits per heavy atom. The monoisotopic (exact) mass is 441 g/mol. The minimum Gasteiger partial charge on any atom is -0.477 e. The van der Waals surface area contributed by atoms with Crippen LogP contribution in [0.1, 0.15) is 48.0 Å². The molecule has 0 unspecified atom stereocenters. The highest BCUT2D eigenvalue weighted by molar-refractivity contribution is 7.90. The van der Waals surface area contributed by atoms with E-state index >= 15 is 0 Å². The Balaban J connectivity index is 2.08. The van der Waals surface area contributed by atoms with Crippen LogP contribution in [0.25, 0.3) is 11.3 Å². The third-order valence-corrected chi connectivity index (χ3v) is 7.48. The summed E-state index contributed by atoms with van der Waals surface area (Å²) >= 11 is 0. The first kappa shape index (κ1) is 22.9. The van der Waals surface area contributed by atoms with E-state index < -0.39 is 20.7 Å². The highest BCUT2D eigenvalue weighted by Crippen LogP contribution is 2.36. The van der Waals surface area contributed by atoms with Gasteiger partial charge in [-0.3, -0.25) is 4.90 Å². The Kier molecular flexibility index (Phi) is 6.23. The van der Waals surface area contributed by atoms with Crippen LogP contribution >= 0.6 is 0 Å². The van der Waals surface area contributed by atoms with Crippen molar-refractivity contribution < 1.29 is 18.3 Å². The van der Waals surface area contributed by atoms with E-state index in [1.807, 2.05) is 43.3 Å². The van der Waals surface area contributed by atoms with Crippen LogP contribution in [0.4, 0.5) is 0 Å². The van der Waals surface area contributed by atoms with Gasteiger partial charge < -0.3 is 5.11 Å². The second kappa shape index (κ2) is 8.42. The fraction of sp³-hybridized carbons (Fsp3) is 0.391. The maximum Gasteiger partial charge on any atom is 0.354 e. The lowest BCUT2D eigenvalue weighted by atomic mass is 10.0. The Morgan fingerprint density at radius 3 is 2.55 bits per heavy atom. The van der Waals surface area contributed by atoms with Crippen molar-refractivity contribution in [2.24, 2.45) is 0 Å². The summed E-state index contributed by atoms with van der Waals surface area (Å²) in [4.78, 5) is 18.0. The predicted octanol–water partition coefficient (Wildman–Crippen LogP) is 2.80. The fourth-order valence-electron chi connectivity index (χ4n) is 3.31. The number of aromatic nitrogens is 1. The van der Waals surface area contributed by atoms with Gasteiger partial charge in [-0.1, -0.05) is 24.0 Å². The van der Waals surface area contributed by atoms with Crippen molar-refractivity contribution in [1.29, 1.82) is 0 Å². The molecule has 1 aromatic heterocycles. The van der Waals surface area contributed by atoms with E-state index in [0.29, 0.717) is 23.4 Å². The van der Waals surface area contributed by atoms with Gasteiger partial charge in [0, 0.05) is 24.2 Å². The number of fused-ring (bicyclic) bond motifs is 1. The van der Waals surface area contributed by atoms with E-state index in [1.165, 1.54) is 10.4 Å². The summed E-state index contributed by atoms with van der Waals surface area (Å²) in [5.41, 5.74) is 3.28. The number of carbonyl (C=O) groups is 1. The number of hydrogen-bond acceptors (Lipinski definition) is 5. The molecule has 0 atom stereocenters. The standard InChI is InChI=1S/C23H27N3O4S/c1-23(2,3)31(29,30)26-14-18-13-20(22(27)28)24-21(19(18)15-26)17-10-6-8-16(12-17)9-7-11-25(4)5/h6,8,10,12-13H,11,14-15H2,1-5H3,(H,27,28). The normalized spacial score (nSPS) is 14.3. The quantitative estimate of drug-likeness (QED) is 0.734. The van der Waals surface area contributed by atoms with Crippen LogP contribution in [-0.2, 0) is 23.1 Å². The zero-order valence-electron chi connectivity index (χ0n) is 18.4. The summed E-state index contributed by atoms with van der Waals surface area (Å²) in [6.45, 7) is 5.88. The molecule has 1 aromatic carbocycles. The van der Waals surface area contributed by atoms with Crippen LogP contribution in [0.2, 0.25) is 0 Å². The lowest BCUT2D eigenvalue weighted by Gasteiger charge is -2.26. The molecule has 2 aromatic rings. The summed E-state index contributed by atoms with van der Waals surface area (Å²) in [7, 11) is 0.302. The maximum absolute atomic E-state index is 13.0. The van der Waals surface area contributed by atoms with Crippen LogP contribution in [0.3, 0.4) is 0 Å². The number of carboxylic acid groups (broad SMARTS) is 1. The molecule has 0 fully saturated rings. The van der Waals surface area contributed by atoms with Gasteiger partial charge in [-0.05, 0) is 64.2 Å². The van der Waals surface area contributed by atoms with Crippen molar-refractivity contribution in [2.45, 2.75) is 38.6 Å². The smallest absolute Gasteiger partial charge is 0.354 e. The number of benzene rings is 1. The van der Waals surface area contributed by atoms with Gasteiger partial charge in [-0.25, -0.2) is 18.2 Å². The Bertz CT molecular complexity index is 1190. The fourth-order valence-corrected chi connectivity index (χ4v) is 4.70. The van der Waals surface area contributed by atoms with Crippen LogP contribution in [0, 0.1) is 11.8 Å². The van der Waals surface area contributed by atoms with E-state index in [-0.39, 0.29) is 18.8 Å². The molecule has 3 rings (SSSR count). The Labute approximate surface area is 183 Å². The molecule has 8 heteroatoms. The third-order valence-electron chi connectivity index (χ3n) is 4.99. The highest BCUT2D eigenvalue weighted by Gasteiger charge is 2.39. The van der Waals surface area contributed by atoms with Gasteiger partial charge in [0.25, 0.3) is 0 Å². The highest BCUT2D eigenvalue weighted by atomic mass is 32.2. The zero-order chi connectivity index (χ0) is 23.0. The summed E-state index contributed by atoms with van der Waals surface area (Å²) in [5.74, 6) is 5.03. The van der Waals surface area contributed by atoms with Crippen LogP contribution in [-0.4, -0.2) is 59.1 Å². The number of carboxylic acids is 1. The van der Waals surface area contributed by atoms with Gasteiger partial charge in [0.1, 0.15) is 5.69 Å². The lowest BCUT2D eigenvalue weighted by Crippen LogP contribution is -2.40. The number of hydrogen-bond donors (Lipinski definition) is 1. The number of nitrogens with zero attached hydrogens (tertiary/aromatic N) is 3. The largest absolute Gasteiger partial charge is 0.477 e. The minimum absolute atomic E-state index is 0.104. The molecule has 164 valence electrons. The number of sulfonamides is 1. The number of pyridine rings is 1. The minimum atomic E-state index is -3.57. The molecule has 1 aliphatic rings. The summed E-state index contributed by atoms with van der Waals surface area (Å²) < 4.78 is 26.4. The Hall–Kier alpha value is -2.73. The van der Waals surface area contributed by atoms with E-state index in [2.05, 4.69) is 16.8 Å². The van der Waals surface area contributed by atoms with Gasteiger partial charge in [-0.2, -0.15) is 4.31 Å². The second-order valence-corrected chi connectivity index (χ2v) is 11.5. The average molecular weight is 442 g/mol. The van der Waals surface area contributed by atoms with Crippen molar-refractivity contribution in [3.8, 4) is 23.1 Å². The molecule has 0 aliphatic carbocycles. The van der Waals surface area contributed by atoms with Crippen LogP contribution < -0.4 is 0 Å².